The summed E-state index contributed by atoms with van der Waals surface area (Å²) in [4.78, 5) is 101. The number of carbonyl (C=O) groups excluding carboxylic acids is 6. The van der Waals surface area contributed by atoms with Crippen molar-refractivity contribution in [1.82, 2.24) is 65.5 Å². The SMILES string of the molecule is C/C=C(/Oc1ccc(CSc2nnnn2C)cc1[N+](=O)[O-])c1ccccc1/C(O)=C/C(=O)Nc1cc(C)ccc1C.CCCOC(=O)Cn1nnnc1SC(=O)N(CC)Cc1cc([N+](=O)[O-])ccc1OC(C(=O)Nc1cc(C)ccc1Cl)C(=O)C(C)(C)C.Cc1cc(CSc2nnnn2C)ccc1Oc1cc(C(N)=O)c(O)c2ccccc12. The number of thioether (sulfide) groups is 3. The number of aliphatic hydroxyl groups excluding tert-OH is 1. The molecule has 8 aromatic carbocycles. The van der Waals surface area contributed by atoms with E-state index in [1.54, 1.807) is 132 Å². The van der Waals surface area contributed by atoms with E-state index in [0.717, 1.165) is 43.7 Å². The number of primary amides is 1. The van der Waals surface area contributed by atoms with Gasteiger partial charge in [0.25, 0.3) is 28.6 Å². The first-order valence-electron chi connectivity index (χ1n) is 36.2. The molecule has 11 rings (SSSR count). The Balaban J connectivity index is 0.000000206. The molecule has 0 radical (unpaired) electrons. The van der Waals surface area contributed by atoms with E-state index in [-0.39, 0.29) is 93.4 Å². The van der Waals surface area contributed by atoms with Crippen LogP contribution in [0.2, 0.25) is 5.02 Å². The third-order valence-electron chi connectivity index (χ3n) is 17.2. The van der Waals surface area contributed by atoms with Crippen LogP contribution in [0.1, 0.15) is 108 Å². The summed E-state index contributed by atoms with van der Waals surface area (Å²) in [6, 6.07) is 40.4. The van der Waals surface area contributed by atoms with Crippen LogP contribution in [0.5, 0.6) is 28.7 Å². The van der Waals surface area contributed by atoms with Crippen LogP contribution in [0.15, 0.2) is 173 Å². The highest BCUT2D eigenvalue weighted by molar-refractivity contribution is 8.13. The Morgan fingerprint density at radius 2 is 1.28 bits per heavy atom. The molecule has 38 heteroatoms. The van der Waals surface area contributed by atoms with Gasteiger partial charge in [-0.2, -0.15) is 0 Å². The third kappa shape index (κ3) is 23.8. The summed E-state index contributed by atoms with van der Waals surface area (Å²) >= 11 is 9.80. The molecule has 4 amide bonds. The summed E-state index contributed by atoms with van der Waals surface area (Å²) in [5, 5.41) is 86.4. The number of halogens is 1. The number of benzene rings is 8. The molecule has 0 saturated carbocycles. The zero-order chi connectivity index (χ0) is 85.7. The number of fused-ring (bicyclic) bond motifs is 1. The van der Waals surface area contributed by atoms with Gasteiger partial charge in [-0.15, -0.1) is 15.3 Å². The number of nitro benzene ring substituents is 2. The molecule has 0 aliphatic rings. The molecule has 0 bridgehead atoms. The zero-order valence-corrected chi connectivity index (χ0v) is 69.2. The normalized spacial score (nSPS) is 11.6. The molecular weight excluding hydrogens is 1600 g/mol. The number of esters is 1. The van der Waals surface area contributed by atoms with Crippen LogP contribution in [-0.2, 0) is 62.6 Å². The van der Waals surface area contributed by atoms with Gasteiger partial charge in [-0.3, -0.25) is 49.0 Å². The Hall–Kier alpha value is -13.1. The minimum atomic E-state index is -1.68. The molecule has 3 heterocycles. The predicted octanol–water partition coefficient (Wildman–Crippen LogP) is 14.8. The molecule has 11 aromatic rings. The topological polar surface area (TPSA) is 450 Å². The number of Topliss-reactive ketones (excluding diaryl/α,β-unsaturated/α-hetero) is 1. The number of nitrogens with one attached hydrogen (secondary N) is 2. The van der Waals surface area contributed by atoms with E-state index in [4.69, 9.17) is 36.3 Å². The van der Waals surface area contributed by atoms with Crippen LogP contribution in [0.4, 0.5) is 27.5 Å². The van der Waals surface area contributed by atoms with Gasteiger partial charge in [0.15, 0.2) is 5.78 Å². The molecular formula is C80H83ClN18O16S3. The van der Waals surface area contributed by atoms with Crippen molar-refractivity contribution in [2.24, 2.45) is 25.2 Å². The number of ketones is 1. The van der Waals surface area contributed by atoms with Gasteiger partial charge in [0, 0.05) is 107 Å². The number of amides is 4. The molecule has 0 saturated heterocycles. The second-order valence-corrected chi connectivity index (χ2v) is 30.4. The maximum Gasteiger partial charge on any atom is 0.327 e. The van der Waals surface area contributed by atoms with Gasteiger partial charge >= 0.3 is 11.7 Å². The number of aliphatic hydroxyl groups is 1. The maximum atomic E-state index is 13.5. The number of rotatable bonds is 30. The fourth-order valence-electron chi connectivity index (χ4n) is 11.1. The molecule has 1 atom stereocenters. The quantitative estimate of drug-likeness (QED) is 0.00531. The molecule has 6 N–H and O–H groups in total. The number of nitro groups is 2. The monoisotopic (exact) mass is 1680 g/mol. The maximum absolute atomic E-state index is 13.5. The highest BCUT2D eigenvalue weighted by Gasteiger charge is 2.38. The van der Waals surface area contributed by atoms with E-state index in [9.17, 15) is 59.2 Å². The van der Waals surface area contributed by atoms with Crippen LogP contribution in [0.25, 0.3) is 22.3 Å². The van der Waals surface area contributed by atoms with Gasteiger partial charge in [-0.25, -0.2) is 14.0 Å². The highest BCUT2D eigenvalue weighted by atomic mass is 35.5. The zero-order valence-electron chi connectivity index (χ0n) is 66.0. The van der Waals surface area contributed by atoms with Crippen molar-refractivity contribution in [1.29, 1.82) is 0 Å². The average Bonchev–Trinajstić information content (AvgIpc) is 0.880. The van der Waals surface area contributed by atoms with Crippen LogP contribution >= 0.6 is 46.9 Å². The van der Waals surface area contributed by atoms with Gasteiger partial charge in [0.05, 0.1) is 39.3 Å². The Morgan fingerprint density at radius 3 is 1.88 bits per heavy atom. The number of non-ortho nitro benzene ring substituents is 1. The summed E-state index contributed by atoms with van der Waals surface area (Å²) in [6.45, 7) is 17.5. The largest absolute Gasteiger partial charge is 0.507 e. The fraction of sp³-hybridized carbons (Fsp3) is 0.263. The number of carbonyl (C=O) groups is 6. The number of tetrazole rings is 3. The van der Waals surface area contributed by atoms with E-state index in [2.05, 4.69) is 57.2 Å². The molecule has 0 fully saturated rings. The molecule has 0 spiro atoms. The number of allylic oxidation sites excluding steroid dienone is 1. The fourth-order valence-corrected chi connectivity index (χ4v) is 13.6. The predicted molar refractivity (Wildman–Crippen MR) is 444 cm³/mol. The van der Waals surface area contributed by atoms with E-state index >= 15 is 0 Å². The molecule has 614 valence electrons. The Kier molecular flexibility index (Phi) is 30.8. The third-order valence-corrected chi connectivity index (χ3v) is 20.6. The van der Waals surface area contributed by atoms with Gasteiger partial charge in [-0.1, -0.05) is 148 Å². The first-order valence-corrected chi connectivity index (χ1v) is 39.4. The van der Waals surface area contributed by atoms with E-state index < -0.39 is 56.1 Å². The second-order valence-electron chi connectivity index (χ2n) is 27.2. The van der Waals surface area contributed by atoms with Crippen molar-refractivity contribution in [3.05, 3.63) is 239 Å². The first kappa shape index (κ1) is 88.8. The summed E-state index contributed by atoms with van der Waals surface area (Å²) in [5.74, 6) is -1.09. The summed E-state index contributed by atoms with van der Waals surface area (Å²) in [5.41, 5.74) is 11.2. The summed E-state index contributed by atoms with van der Waals surface area (Å²) < 4.78 is 27.5. The summed E-state index contributed by atoms with van der Waals surface area (Å²) in [6.07, 6.45) is 1.68. The van der Waals surface area contributed by atoms with Crippen molar-refractivity contribution in [2.75, 3.05) is 23.8 Å². The van der Waals surface area contributed by atoms with Crippen molar-refractivity contribution in [3.8, 4) is 28.7 Å². The number of aromatic hydroxyl groups is 1. The van der Waals surface area contributed by atoms with Crippen LogP contribution in [-0.4, -0.2) is 140 Å². The number of nitrogens with zero attached hydrogens (tertiary/aromatic N) is 15. The number of aromatic nitrogens is 12. The summed E-state index contributed by atoms with van der Waals surface area (Å²) in [7, 11) is 3.51. The number of hydrogen-bond acceptors (Lipinski definition) is 28. The molecule has 0 aliphatic heterocycles. The van der Waals surface area contributed by atoms with Gasteiger partial charge in [-0.05, 0) is 161 Å². The van der Waals surface area contributed by atoms with Gasteiger partial charge < -0.3 is 50.4 Å². The molecule has 0 aliphatic carbocycles. The van der Waals surface area contributed by atoms with E-state index in [1.165, 1.54) is 57.7 Å². The second kappa shape index (κ2) is 40.9. The van der Waals surface area contributed by atoms with Crippen molar-refractivity contribution in [3.63, 3.8) is 0 Å². The average molecular weight is 1680 g/mol. The number of ether oxygens (including phenoxy) is 4. The van der Waals surface area contributed by atoms with Crippen LogP contribution < -0.4 is 30.6 Å². The molecule has 3 aromatic heterocycles. The van der Waals surface area contributed by atoms with Crippen LogP contribution in [0, 0.1) is 53.3 Å². The minimum Gasteiger partial charge on any atom is -0.507 e. The Morgan fingerprint density at radius 1 is 0.678 bits per heavy atom. The number of phenols is 1. The van der Waals surface area contributed by atoms with Crippen molar-refractivity contribution < 1.29 is 67.8 Å². The van der Waals surface area contributed by atoms with Crippen LogP contribution in [0.3, 0.4) is 0 Å². The van der Waals surface area contributed by atoms with Gasteiger partial charge in [0.1, 0.15) is 41.1 Å². The lowest BCUT2D eigenvalue weighted by atomic mass is 9.87. The first-order chi connectivity index (χ1) is 56.2. The lowest BCUT2D eigenvalue weighted by Crippen LogP contribution is -2.45. The minimum absolute atomic E-state index is 0.0201. The number of anilines is 2. The molecule has 1 unspecified atom stereocenters. The van der Waals surface area contributed by atoms with Gasteiger partial charge in [0.2, 0.25) is 27.3 Å². The Labute approximate surface area is 694 Å². The number of hydrogen-bond donors (Lipinski definition) is 5. The standard InChI is InChI=1S/C30H36ClN7O8S.C29H28N6O5S.C21H19N5O3S/c1-7-13-45-24(39)17-37-28(33-34-35-37)47-29(42)36(8-2)16-19-15-20(38(43)44)10-12-23(19)46-25(26(40)30(4,5)6)27(41)32-22-14-18(3)9-11-21(22)31;1-5-26(40-27-13-12-20(15-24(27)35(38)39)17-41-29-31-32-33-34(29)4)22-9-7-6-8-21(22)25(36)16-28(37)30-23-14-18(2)10-11-19(23)3;1-12-9-13(11-30-21-23-24-25-26(21)2)7-8-17(12)29-18-10-16(20(22)28)19(27)15-6-4-3-5-14(15)18/h9-12,14-15,25H,7-8,13,16-17H2,1-6H3,(H,32,41);5-16,36H,17H2,1-4H3,(H,30,37);3-10,27H,11H2,1-2H3,(H2,22,28)/b;25-16-,26-5+;. The molecule has 34 nitrogen and oxygen atoms in total. The van der Waals surface area contributed by atoms with Crippen molar-refractivity contribution in [2.45, 2.75) is 122 Å². The smallest absolute Gasteiger partial charge is 0.327 e. The molecule has 118 heavy (non-hydrogen) atoms. The lowest BCUT2D eigenvalue weighted by molar-refractivity contribution is -0.385. The van der Waals surface area contributed by atoms with Crippen molar-refractivity contribution >= 4 is 127 Å². The van der Waals surface area contributed by atoms with E-state index in [1.807, 2.05) is 83.1 Å². The number of nitrogens with two attached hydrogens (primary N) is 1. The Bertz CT molecular complexity index is 5630. The number of aryl methyl sites for hydroxylation is 6. The lowest BCUT2D eigenvalue weighted by Gasteiger charge is -2.27. The highest BCUT2D eigenvalue weighted by Crippen LogP contribution is 2.41. The van der Waals surface area contributed by atoms with E-state index in [0.29, 0.717) is 79.5 Å².